The number of nitrogens with one attached hydrogen (secondary N) is 1. The van der Waals surface area contributed by atoms with E-state index in [9.17, 15) is 9.59 Å². The van der Waals surface area contributed by atoms with Crippen LogP contribution in [0.25, 0.3) is 11.3 Å². The molecule has 0 atom stereocenters. The number of ether oxygens (including phenoxy) is 1. The van der Waals surface area contributed by atoms with Gasteiger partial charge in [0.05, 0.1) is 12.8 Å². The van der Waals surface area contributed by atoms with Gasteiger partial charge >= 0.3 is 0 Å². The summed E-state index contributed by atoms with van der Waals surface area (Å²) in [6.07, 6.45) is 1.70. The van der Waals surface area contributed by atoms with Gasteiger partial charge in [0.25, 0.3) is 5.56 Å². The molecule has 0 spiro atoms. The average Bonchev–Trinajstić information content (AvgIpc) is 2.81. The Morgan fingerprint density at radius 2 is 1.74 bits per heavy atom. The topological polar surface area (TPSA) is 76.5 Å². The molecule has 31 heavy (non-hydrogen) atoms. The number of amides is 1. The molecule has 0 bridgehead atoms. The van der Waals surface area contributed by atoms with Crippen LogP contribution >= 0.6 is 0 Å². The maximum Gasteiger partial charge on any atom is 0.267 e. The molecule has 2 heterocycles. The quantitative estimate of drug-likeness (QED) is 0.666. The van der Waals surface area contributed by atoms with Crippen LogP contribution in [-0.2, 0) is 11.3 Å². The van der Waals surface area contributed by atoms with Gasteiger partial charge in [0.1, 0.15) is 12.3 Å². The molecule has 7 heteroatoms. The first-order valence-corrected chi connectivity index (χ1v) is 10.4. The van der Waals surface area contributed by atoms with Crippen molar-refractivity contribution >= 4 is 11.6 Å². The van der Waals surface area contributed by atoms with Gasteiger partial charge < -0.3 is 15.0 Å². The summed E-state index contributed by atoms with van der Waals surface area (Å²) in [5, 5.41) is 7.43. The SMILES string of the molecule is COc1ccc(N2CCC(NC(=O)Cn3nc(-c4ccccc4)ccc3=O)CC2)cc1. The lowest BCUT2D eigenvalue weighted by Crippen LogP contribution is -2.46. The molecule has 2 aromatic carbocycles. The Kier molecular flexibility index (Phi) is 6.31. The van der Waals surface area contributed by atoms with E-state index in [0.717, 1.165) is 42.9 Å². The Bertz CT molecular complexity index is 1070. The van der Waals surface area contributed by atoms with Crippen molar-refractivity contribution in [2.45, 2.75) is 25.4 Å². The Labute approximate surface area is 181 Å². The Morgan fingerprint density at radius 1 is 1.03 bits per heavy atom. The molecule has 3 aromatic rings. The summed E-state index contributed by atoms with van der Waals surface area (Å²) in [5.74, 6) is 0.647. The van der Waals surface area contributed by atoms with Crippen molar-refractivity contribution in [1.29, 1.82) is 0 Å². The van der Waals surface area contributed by atoms with Gasteiger partial charge in [0.15, 0.2) is 0 Å². The lowest BCUT2D eigenvalue weighted by atomic mass is 10.0. The second kappa shape index (κ2) is 9.47. The van der Waals surface area contributed by atoms with Crippen LogP contribution < -0.4 is 20.5 Å². The van der Waals surface area contributed by atoms with Crippen molar-refractivity contribution in [3.05, 3.63) is 77.1 Å². The van der Waals surface area contributed by atoms with Gasteiger partial charge in [0, 0.05) is 36.4 Å². The highest BCUT2D eigenvalue weighted by Crippen LogP contribution is 2.23. The van der Waals surface area contributed by atoms with Gasteiger partial charge in [0.2, 0.25) is 5.91 Å². The molecule has 1 aliphatic rings. The Morgan fingerprint density at radius 3 is 2.42 bits per heavy atom. The number of aromatic nitrogens is 2. The van der Waals surface area contributed by atoms with E-state index in [1.807, 2.05) is 42.5 Å². The number of hydrogen-bond acceptors (Lipinski definition) is 5. The van der Waals surface area contributed by atoms with Crippen LogP contribution in [0.3, 0.4) is 0 Å². The number of piperidine rings is 1. The van der Waals surface area contributed by atoms with Gasteiger partial charge in [-0.25, -0.2) is 4.68 Å². The number of anilines is 1. The van der Waals surface area contributed by atoms with Crippen LogP contribution in [0, 0.1) is 0 Å². The number of carbonyl (C=O) groups excluding carboxylic acids is 1. The minimum Gasteiger partial charge on any atom is -0.497 e. The molecule has 1 saturated heterocycles. The second-order valence-corrected chi connectivity index (χ2v) is 7.61. The predicted octanol–water partition coefficient (Wildman–Crippen LogP) is 2.70. The number of carbonyl (C=O) groups is 1. The predicted molar refractivity (Wildman–Crippen MR) is 120 cm³/mol. The minimum atomic E-state index is -0.288. The van der Waals surface area contributed by atoms with Crippen LogP contribution in [0.4, 0.5) is 5.69 Å². The van der Waals surface area contributed by atoms with Crippen LogP contribution in [0.2, 0.25) is 0 Å². The summed E-state index contributed by atoms with van der Waals surface area (Å²) < 4.78 is 6.44. The number of methoxy groups -OCH3 is 1. The number of benzene rings is 2. The van der Waals surface area contributed by atoms with E-state index in [0.29, 0.717) is 5.69 Å². The smallest absolute Gasteiger partial charge is 0.267 e. The largest absolute Gasteiger partial charge is 0.497 e. The molecule has 1 aromatic heterocycles. The van der Waals surface area contributed by atoms with E-state index in [2.05, 4.69) is 27.4 Å². The molecule has 1 fully saturated rings. The second-order valence-electron chi connectivity index (χ2n) is 7.61. The van der Waals surface area contributed by atoms with Crippen molar-refractivity contribution in [2.24, 2.45) is 0 Å². The third kappa shape index (κ3) is 5.12. The van der Waals surface area contributed by atoms with Gasteiger partial charge in [-0.05, 0) is 43.2 Å². The minimum absolute atomic E-state index is 0.0851. The first-order valence-electron chi connectivity index (χ1n) is 10.4. The first-order chi connectivity index (χ1) is 15.1. The fourth-order valence-electron chi connectivity index (χ4n) is 3.81. The molecule has 0 aliphatic carbocycles. The van der Waals surface area contributed by atoms with E-state index in [-0.39, 0.29) is 24.1 Å². The monoisotopic (exact) mass is 418 g/mol. The number of hydrogen-bond donors (Lipinski definition) is 1. The van der Waals surface area contributed by atoms with Gasteiger partial charge in [-0.1, -0.05) is 30.3 Å². The highest BCUT2D eigenvalue weighted by atomic mass is 16.5. The summed E-state index contributed by atoms with van der Waals surface area (Å²) in [7, 11) is 1.66. The third-order valence-corrected chi connectivity index (χ3v) is 5.53. The molecule has 0 radical (unpaired) electrons. The standard InChI is InChI=1S/C24H26N4O3/c1-31-21-9-7-20(8-10-21)27-15-13-19(14-16-27)25-23(29)17-28-24(30)12-11-22(26-28)18-5-3-2-4-6-18/h2-12,19H,13-17H2,1H3,(H,25,29). The Hall–Kier alpha value is -3.61. The van der Waals surface area contributed by atoms with E-state index in [1.54, 1.807) is 13.2 Å². The molecular weight excluding hydrogens is 392 g/mol. The molecule has 0 unspecified atom stereocenters. The van der Waals surface area contributed by atoms with Crippen LogP contribution in [0.5, 0.6) is 5.75 Å². The van der Waals surface area contributed by atoms with E-state index < -0.39 is 0 Å². The lowest BCUT2D eigenvalue weighted by molar-refractivity contribution is -0.122. The lowest BCUT2D eigenvalue weighted by Gasteiger charge is -2.34. The maximum atomic E-state index is 12.6. The molecule has 4 rings (SSSR count). The molecule has 1 aliphatic heterocycles. The van der Waals surface area contributed by atoms with Crippen molar-refractivity contribution < 1.29 is 9.53 Å². The zero-order valence-electron chi connectivity index (χ0n) is 17.5. The maximum absolute atomic E-state index is 12.6. The van der Waals surface area contributed by atoms with Gasteiger partial charge in [-0.2, -0.15) is 5.10 Å². The van der Waals surface area contributed by atoms with Crippen LogP contribution in [0.15, 0.2) is 71.5 Å². The zero-order chi connectivity index (χ0) is 21.6. The zero-order valence-corrected chi connectivity index (χ0v) is 17.5. The average molecular weight is 418 g/mol. The molecule has 7 nitrogen and oxygen atoms in total. The Balaban J connectivity index is 1.33. The third-order valence-electron chi connectivity index (χ3n) is 5.53. The first kappa shape index (κ1) is 20.7. The van der Waals surface area contributed by atoms with Crippen LogP contribution in [-0.4, -0.2) is 41.9 Å². The van der Waals surface area contributed by atoms with E-state index >= 15 is 0 Å². The van der Waals surface area contributed by atoms with E-state index in [1.165, 1.54) is 10.7 Å². The summed E-state index contributed by atoms with van der Waals surface area (Å²) >= 11 is 0. The normalized spacial score (nSPS) is 14.3. The summed E-state index contributed by atoms with van der Waals surface area (Å²) in [4.78, 5) is 27.0. The molecule has 1 N–H and O–H groups in total. The fourth-order valence-corrected chi connectivity index (χ4v) is 3.81. The van der Waals surface area contributed by atoms with Crippen molar-refractivity contribution in [3.63, 3.8) is 0 Å². The fraction of sp³-hybridized carbons (Fsp3) is 0.292. The van der Waals surface area contributed by atoms with Crippen molar-refractivity contribution in [2.75, 3.05) is 25.1 Å². The molecule has 1 amide bonds. The summed E-state index contributed by atoms with van der Waals surface area (Å²) in [5.41, 5.74) is 2.44. The van der Waals surface area contributed by atoms with Crippen molar-refractivity contribution in [3.8, 4) is 17.0 Å². The summed E-state index contributed by atoms with van der Waals surface area (Å²) in [6, 6.07) is 20.8. The van der Waals surface area contributed by atoms with Gasteiger partial charge in [-0.3, -0.25) is 9.59 Å². The van der Waals surface area contributed by atoms with Gasteiger partial charge in [-0.15, -0.1) is 0 Å². The summed E-state index contributed by atoms with van der Waals surface area (Å²) in [6.45, 7) is 1.64. The van der Waals surface area contributed by atoms with E-state index in [4.69, 9.17) is 4.74 Å². The highest BCUT2D eigenvalue weighted by molar-refractivity contribution is 5.76. The van der Waals surface area contributed by atoms with Crippen LogP contribution in [0.1, 0.15) is 12.8 Å². The molecule has 160 valence electrons. The number of rotatable bonds is 6. The van der Waals surface area contributed by atoms with Crippen molar-refractivity contribution in [1.82, 2.24) is 15.1 Å². The molecule has 0 saturated carbocycles. The highest BCUT2D eigenvalue weighted by Gasteiger charge is 2.21. The number of nitrogens with zero attached hydrogens (tertiary/aromatic N) is 3. The molecular formula is C24H26N4O3.